The van der Waals surface area contributed by atoms with Gasteiger partial charge in [-0.15, -0.1) is 0 Å². The van der Waals surface area contributed by atoms with Crippen molar-refractivity contribution in [3.8, 4) is 0 Å². The molecule has 0 aliphatic carbocycles. The van der Waals surface area contributed by atoms with E-state index in [-0.39, 0.29) is 0 Å². The van der Waals surface area contributed by atoms with E-state index in [2.05, 4.69) is 30.9 Å². The van der Waals surface area contributed by atoms with Gasteiger partial charge in [-0.25, -0.2) is 0 Å². The van der Waals surface area contributed by atoms with Crippen LogP contribution in [0, 0.1) is 0 Å². The van der Waals surface area contributed by atoms with Crippen molar-refractivity contribution in [3.05, 3.63) is 24.3 Å². The number of nitrogens with zero attached hydrogens (tertiary/aromatic N) is 1. The van der Waals surface area contributed by atoms with E-state index in [1.54, 1.807) is 0 Å². The Bertz CT molecular complexity index is 336. The average Bonchev–Trinajstić information content (AvgIpc) is 2.42. The van der Waals surface area contributed by atoms with Crippen LogP contribution in [0.15, 0.2) is 24.3 Å². The number of nitrogen functional groups attached to an aromatic ring is 1. The third kappa shape index (κ3) is 6.51. The van der Waals surface area contributed by atoms with Crippen molar-refractivity contribution in [3.63, 3.8) is 0 Å². The summed E-state index contributed by atoms with van der Waals surface area (Å²) < 4.78 is 0. The molecule has 108 valence electrons. The number of hydrogen-bond acceptors (Lipinski definition) is 2. The molecule has 0 aromatic heterocycles. The molecule has 2 heteroatoms. The molecule has 0 saturated heterocycles. The second kappa shape index (κ2) is 9.71. The first kappa shape index (κ1) is 15.9. The highest BCUT2D eigenvalue weighted by atomic mass is 15.1. The number of nitrogens with two attached hydrogens (primary N) is 1. The highest BCUT2D eigenvalue weighted by molar-refractivity contribution is 5.55. The van der Waals surface area contributed by atoms with Crippen molar-refractivity contribution >= 4 is 11.4 Å². The van der Waals surface area contributed by atoms with Gasteiger partial charge in [0.1, 0.15) is 0 Å². The number of anilines is 2. The Labute approximate surface area is 119 Å². The minimum atomic E-state index is 0.857. The predicted molar refractivity (Wildman–Crippen MR) is 86.7 cm³/mol. The van der Waals surface area contributed by atoms with Crippen LogP contribution in [0.5, 0.6) is 0 Å². The summed E-state index contributed by atoms with van der Waals surface area (Å²) in [6.07, 6.45) is 9.55. The highest BCUT2D eigenvalue weighted by Gasteiger charge is 2.03. The molecule has 19 heavy (non-hydrogen) atoms. The fraction of sp³-hybridized carbons (Fsp3) is 0.647. The molecular weight excluding hydrogens is 232 g/mol. The van der Waals surface area contributed by atoms with Gasteiger partial charge in [0, 0.05) is 24.5 Å². The van der Waals surface area contributed by atoms with Gasteiger partial charge in [-0.1, -0.05) is 51.5 Å². The maximum absolute atomic E-state index is 5.85. The lowest BCUT2D eigenvalue weighted by Gasteiger charge is -2.23. The Morgan fingerprint density at radius 3 is 2.26 bits per heavy atom. The predicted octanol–water partition coefficient (Wildman–Crippen LogP) is 4.85. The molecule has 0 aliphatic heterocycles. The third-order valence-electron chi connectivity index (χ3n) is 3.65. The number of hydrogen-bond donors (Lipinski definition) is 1. The normalized spacial score (nSPS) is 10.6. The second-order valence-corrected chi connectivity index (χ2v) is 5.30. The quantitative estimate of drug-likeness (QED) is 0.482. The first-order chi connectivity index (χ1) is 9.27. The van der Waals surface area contributed by atoms with Crippen LogP contribution in [0.2, 0.25) is 0 Å². The maximum atomic E-state index is 5.85. The second-order valence-electron chi connectivity index (χ2n) is 5.30. The summed E-state index contributed by atoms with van der Waals surface area (Å²) in [6.45, 7) is 6.68. The minimum Gasteiger partial charge on any atom is -0.399 e. The summed E-state index contributed by atoms with van der Waals surface area (Å²) in [6, 6.07) is 8.22. The summed E-state index contributed by atoms with van der Waals surface area (Å²) in [7, 11) is 0. The zero-order valence-electron chi connectivity index (χ0n) is 12.7. The van der Waals surface area contributed by atoms with Crippen LogP contribution in [0.1, 0.15) is 58.8 Å². The molecule has 0 radical (unpaired) electrons. The molecule has 0 spiro atoms. The van der Waals surface area contributed by atoms with E-state index in [9.17, 15) is 0 Å². The van der Waals surface area contributed by atoms with Gasteiger partial charge in [-0.3, -0.25) is 0 Å². The molecule has 1 aromatic rings. The van der Waals surface area contributed by atoms with Crippen LogP contribution in [-0.2, 0) is 0 Å². The Balaban J connectivity index is 2.22. The van der Waals surface area contributed by atoms with Gasteiger partial charge in [0.15, 0.2) is 0 Å². The summed E-state index contributed by atoms with van der Waals surface area (Å²) in [4.78, 5) is 2.42. The number of unbranched alkanes of at least 4 members (excludes halogenated alkanes) is 6. The van der Waals surface area contributed by atoms with E-state index in [1.165, 1.54) is 50.6 Å². The maximum Gasteiger partial charge on any atom is 0.0386 e. The van der Waals surface area contributed by atoms with Crippen molar-refractivity contribution in [1.29, 1.82) is 0 Å². The Morgan fingerprint density at radius 1 is 0.947 bits per heavy atom. The molecule has 0 fully saturated rings. The van der Waals surface area contributed by atoms with Crippen molar-refractivity contribution in [2.24, 2.45) is 0 Å². The van der Waals surface area contributed by atoms with Gasteiger partial charge < -0.3 is 10.6 Å². The van der Waals surface area contributed by atoms with E-state index in [0.717, 1.165) is 18.8 Å². The Kier molecular flexibility index (Phi) is 8.11. The van der Waals surface area contributed by atoms with Crippen LogP contribution in [0.4, 0.5) is 11.4 Å². The standard InChI is InChI=1S/C17H30N2/c1-3-5-6-7-8-9-10-14-19(4-2)17-13-11-12-16(18)15-17/h11-13,15H,3-10,14,18H2,1-2H3. The lowest BCUT2D eigenvalue weighted by Crippen LogP contribution is -2.23. The molecule has 2 N–H and O–H groups in total. The van der Waals surface area contributed by atoms with Crippen molar-refractivity contribution in [2.45, 2.75) is 58.8 Å². The van der Waals surface area contributed by atoms with Crippen LogP contribution in [0.3, 0.4) is 0 Å². The topological polar surface area (TPSA) is 29.3 Å². The summed E-state index contributed by atoms with van der Waals surface area (Å²) >= 11 is 0. The van der Waals surface area contributed by atoms with Crippen LogP contribution < -0.4 is 10.6 Å². The molecule has 0 amide bonds. The monoisotopic (exact) mass is 262 g/mol. The molecule has 0 aliphatic rings. The molecule has 0 unspecified atom stereocenters. The molecule has 1 aromatic carbocycles. The highest BCUT2D eigenvalue weighted by Crippen LogP contribution is 2.18. The van der Waals surface area contributed by atoms with Crippen LogP contribution >= 0.6 is 0 Å². The summed E-state index contributed by atoms with van der Waals surface area (Å²) in [5.41, 5.74) is 7.96. The zero-order chi connectivity index (χ0) is 13.9. The van der Waals surface area contributed by atoms with E-state index in [4.69, 9.17) is 5.73 Å². The van der Waals surface area contributed by atoms with Gasteiger partial charge >= 0.3 is 0 Å². The minimum absolute atomic E-state index is 0.857. The first-order valence-electron chi connectivity index (χ1n) is 7.88. The molecule has 2 nitrogen and oxygen atoms in total. The van der Waals surface area contributed by atoms with E-state index < -0.39 is 0 Å². The van der Waals surface area contributed by atoms with Crippen molar-refractivity contribution in [2.75, 3.05) is 23.7 Å². The molecule has 0 atom stereocenters. The summed E-state index contributed by atoms with van der Waals surface area (Å²) in [5.74, 6) is 0. The van der Waals surface area contributed by atoms with Gasteiger partial charge in [0.2, 0.25) is 0 Å². The molecule has 0 heterocycles. The first-order valence-corrected chi connectivity index (χ1v) is 7.88. The SMILES string of the molecule is CCCCCCCCCN(CC)c1cccc(N)c1. The van der Waals surface area contributed by atoms with Crippen molar-refractivity contribution < 1.29 is 0 Å². The van der Waals surface area contributed by atoms with Gasteiger partial charge in [0.25, 0.3) is 0 Å². The molecule has 0 bridgehead atoms. The third-order valence-corrected chi connectivity index (χ3v) is 3.65. The van der Waals surface area contributed by atoms with Crippen LogP contribution in [-0.4, -0.2) is 13.1 Å². The average molecular weight is 262 g/mol. The zero-order valence-corrected chi connectivity index (χ0v) is 12.7. The van der Waals surface area contributed by atoms with E-state index >= 15 is 0 Å². The van der Waals surface area contributed by atoms with E-state index in [0.29, 0.717) is 0 Å². The van der Waals surface area contributed by atoms with Gasteiger partial charge in [0.05, 0.1) is 0 Å². The molecule has 0 saturated carbocycles. The smallest absolute Gasteiger partial charge is 0.0386 e. The van der Waals surface area contributed by atoms with Gasteiger partial charge in [-0.2, -0.15) is 0 Å². The number of rotatable bonds is 10. The summed E-state index contributed by atoms with van der Waals surface area (Å²) in [5, 5.41) is 0. The Morgan fingerprint density at radius 2 is 1.63 bits per heavy atom. The van der Waals surface area contributed by atoms with E-state index in [1.807, 2.05) is 12.1 Å². The lowest BCUT2D eigenvalue weighted by atomic mass is 10.1. The lowest BCUT2D eigenvalue weighted by molar-refractivity contribution is 0.585. The largest absolute Gasteiger partial charge is 0.399 e. The van der Waals surface area contributed by atoms with Crippen LogP contribution in [0.25, 0.3) is 0 Å². The Hall–Kier alpha value is -1.18. The fourth-order valence-corrected chi connectivity index (χ4v) is 2.45. The fourth-order valence-electron chi connectivity index (χ4n) is 2.45. The van der Waals surface area contributed by atoms with Crippen molar-refractivity contribution in [1.82, 2.24) is 0 Å². The van der Waals surface area contributed by atoms with Gasteiger partial charge in [-0.05, 0) is 31.5 Å². The molecular formula is C17H30N2. The molecule has 1 rings (SSSR count). The number of benzene rings is 1.